The summed E-state index contributed by atoms with van der Waals surface area (Å²) in [5.74, 6) is 0.491. The lowest BCUT2D eigenvalue weighted by Gasteiger charge is -2.39. The molecule has 31 heavy (non-hydrogen) atoms. The van der Waals surface area contributed by atoms with E-state index in [1.807, 2.05) is 66.2 Å². The Hall–Kier alpha value is -3.81. The van der Waals surface area contributed by atoms with Gasteiger partial charge in [-0.1, -0.05) is 12.1 Å². The molecule has 1 aliphatic rings. The minimum atomic E-state index is -0.0209. The van der Waals surface area contributed by atoms with Crippen LogP contribution in [0.15, 0.2) is 53.6 Å². The second-order valence-corrected chi connectivity index (χ2v) is 8.04. The van der Waals surface area contributed by atoms with Crippen LogP contribution in [-0.2, 0) is 6.54 Å². The van der Waals surface area contributed by atoms with Crippen molar-refractivity contribution in [1.82, 2.24) is 24.2 Å². The molecule has 1 saturated heterocycles. The van der Waals surface area contributed by atoms with Gasteiger partial charge in [-0.3, -0.25) is 14.3 Å². The fraction of sp³-hybridized carbons (Fsp3) is 0.261. The van der Waals surface area contributed by atoms with Gasteiger partial charge in [0.25, 0.3) is 11.5 Å². The topological polar surface area (TPSA) is 102 Å². The Morgan fingerprint density at radius 2 is 1.97 bits per heavy atom. The Morgan fingerprint density at radius 1 is 1.23 bits per heavy atom. The number of rotatable bonds is 4. The zero-order valence-electron chi connectivity index (χ0n) is 17.5. The number of likely N-dealkylation sites (tertiary alicyclic amines) is 1. The van der Waals surface area contributed by atoms with Crippen LogP contribution in [0.25, 0.3) is 22.0 Å². The highest BCUT2D eigenvalue weighted by Gasteiger charge is 2.32. The number of aromatic nitrogens is 4. The Labute approximate surface area is 178 Å². The number of nitrogens with one attached hydrogen (secondary N) is 1. The highest BCUT2D eigenvalue weighted by molar-refractivity contribution is 5.97. The fourth-order valence-electron chi connectivity index (χ4n) is 4.18. The molecule has 0 aliphatic carbocycles. The molecule has 1 fully saturated rings. The van der Waals surface area contributed by atoms with Crippen LogP contribution in [0, 0.1) is 6.92 Å². The van der Waals surface area contributed by atoms with E-state index in [9.17, 15) is 9.59 Å². The van der Waals surface area contributed by atoms with E-state index >= 15 is 0 Å². The molecule has 1 amide bonds. The number of amides is 1. The lowest BCUT2D eigenvalue weighted by atomic mass is 10.0. The van der Waals surface area contributed by atoms with E-state index in [1.165, 1.54) is 0 Å². The number of nitrogens with two attached hydrogens (primary N) is 1. The number of pyridine rings is 1. The molecule has 0 radical (unpaired) electrons. The van der Waals surface area contributed by atoms with Crippen molar-refractivity contribution < 1.29 is 4.79 Å². The van der Waals surface area contributed by atoms with Gasteiger partial charge in [0, 0.05) is 54.2 Å². The van der Waals surface area contributed by atoms with Crippen LogP contribution in [0.5, 0.6) is 0 Å². The number of aromatic amines is 1. The van der Waals surface area contributed by atoms with Crippen LogP contribution in [-0.4, -0.2) is 43.2 Å². The molecule has 0 atom stereocenters. The maximum Gasteiger partial charge on any atom is 0.274 e. The van der Waals surface area contributed by atoms with Gasteiger partial charge >= 0.3 is 0 Å². The van der Waals surface area contributed by atoms with Crippen LogP contribution >= 0.6 is 0 Å². The number of H-pyrrole nitrogens is 1. The van der Waals surface area contributed by atoms with Crippen LogP contribution in [0.3, 0.4) is 0 Å². The van der Waals surface area contributed by atoms with E-state index in [2.05, 4.69) is 10.1 Å². The summed E-state index contributed by atoms with van der Waals surface area (Å²) >= 11 is 0. The van der Waals surface area contributed by atoms with Gasteiger partial charge in [-0.25, -0.2) is 0 Å². The number of hydrogen-bond acceptors (Lipinski definition) is 4. The fourth-order valence-corrected chi connectivity index (χ4v) is 4.18. The van der Waals surface area contributed by atoms with Crippen molar-refractivity contribution in [2.45, 2.75) is 26.4 Å². The van der Waals surface area contributed by atoms with Crippen molar-refractivity contribution in [3.8, 4) is 11.1 Å². The number of nitrogen functional groups attached to an aromatic ring is 1. The van der Waals surface area contributed by atoms with Gasteiger partial charge in [-0.05, 0) is 43.7 Å². The van der Waals surface area contributed by atoms with Gasteiger partial charge in [-0.2, -0.15) is 5.10 Å². The maximum atomic E-state index is 12.8. The molecule has 1 aliphatic heterocycles. The van der Waals surface area contributed by atoms with Crippen molar-refractivity contribution in [3.63, 3.8) is 0 Å². The predicted octanol–water partition coefficient (Wildman–Crippen LogP) is 2.80. The van der Waals surface area contributed by atoms with Crippen LogP contribution in [0.1, 0.15) is 29.0 Å². The molecular formula is C23H24N6O2. The highest BCUT2D eigenvalue weighted by Crippen LogP contribution is 2.29. The van der Waals surface area contributed by atoms with Crippen molar-refractivity contribution >= 4 is 22.6 Å². The van der Waals surface area contributed by atoms with E-state index in [0.29, 0.717) is 36.5 Å². The molecular weight excluding hydrogens is 392 g/mol. The SMILES string of the molecule is CCn1cc(-c2ccc(C(=O)N3CC(n4ccc(N)n4)C3)cc2)c2cc(C)[nH]c2c1=O. The first-order chi connectivity index (χ1) is 14.9. The zero-order chi connectivity index (χ0) is 21.7. The van der Waals surface area contributed by atoms with Crippen molar-refractivity contribution in [2.24, 2.45) is 0 Å². The number of carbonyl (C=O) groups is 1. The van der Waals surface area contributed by atoms with Crippen LogP contribution in [0.4, 0.5) is 5.82 Å². The van der Waals surface area contributed by atoms with E-state index < -0.39 is 0 Å². The third-order valence-corrected chi connectivity index (χ3v) is 5.94. The lowest BCUT2D eigenvalue weighted by Crippen LogP contribution is -2.50. The van der Waals surface area contributed by atoms with Gasteiger partial charge < -0.3 is 20.2 Å². The second kappa shape index (κ2) is 7.16. The standard InChI is InChI=1S/C23H24N6O2/c1-3-27-13-19(18-10-14(2)25-21(18)23(27)31)15-4-6-16(7-5-15)22(30)28-11-17(12-28)29-9-8-20(24)26-29/h4-10,13,17,25H,3,11-12H2,1-2H3,(H2,24,26). The molecule has 3 aromatic heterocycles. The van der Waals surface area contributed by atoms with E-state index in [4.69, 9.17) is 5.73 Å². The summed E-state index contributed by atoms with van der Waals surface area (Å²) in [7, 11) is 0. The number of anilines is 1. The monoisotopic (exact) mass is 416 g/mol. The molecule has 4 heterocycles. The molecule has 5 rings (SSSR count). The Morgan fingerprint density at radius 3 is 2.61 bits per heavy atom. The first-order valence-corrected chi connectivity index (χ1v) is 10.4. The van der Waals surface area contributed by atoms with Gasteiger partial charge in [-0.15, -0.1) is 0 Å². The van der Waals surface area contributed by atoms with Crippen molar-refractivity contribution in [1.29, 1.82) is 0 Å². The number of nitrogens with zero attached hydrogens (tertiary/aromatic N) is 4. The summed E-state index contributed by atoms with van der Waals surface area (Å²) in [5.41, 5.74) is 9.80. The zero-order valence-corrected chi connectivity index (χ0v) is 17.5. The Balaban J connectivity index is 1.39. The molecule has 0 spiro atoms. The minimum absolute atomic E-state index is 0.00379. The summed E-state index contributed by atoms with van der Waals surface area (Å²) < 4.78 is 3.52. The van der Waals surface area contributed by atoms with Crippen molar-refractivity contribution in [2.75, 3.05) is 18.8 Å². The summed E-state index contributed by atoms with van der Waals surface area (Å²) in [6, 6.07) is 11.5. The predicted molar refractivity (Wildman–Crippen MR) is 120 cm³/mol. The molecule has 4 aromatic rings. The molecule has 1 aromatic carbocycles. The minimum Gasteiger partial charge on any atom is -0.382 e. The smallest absolute Gasteiger partial charge is 0.274 e. The molecule has 0 unspecified atom stereocenters. The molecule has 3 N–H and O–H groups in total. The van der Waals surface area contributed by atoms with Gasteiger partial charge in [0.15, 0.2) is 0 Å². The van der Waals surface area contributed by atoms with Crippen molar-refractivity contribution in [3.05, 3.63) is 70.4 Å². The maximum absolute atomic E-state index is 12.8. The first-order valence-electron chi connectivity index (χ1n) is 10.4. The average Bonchev–Trinajstić information content (AvgIpc) is 3.33. The third-order valence-electron chi connectivity index (χ3n) is 5.94. The van der Waals surface area contributed by atoms with E-state index in [0.717, 1.165) is 22.2 Å². The van der Waals surface area contributed by atoms with Gasteiger partial charge in [0.2, 0.25) is 0 Å². The quantitative estimate of drug-likeness (QED) is 0.534. The van der Waals surface area contributed by atoms with Crippen LogP contribution < -0.4 is 11.3 Å². The third kappa shape index (κ3) is 3.20. The lowest BCUT2D eigenvalue weighted by molar-refractivity contribution is 0.0502. The number of carbonyl (C=O) groups excluding carboxylic acids is 1. The summed E-state index contributed by atoms with van der Waals surface area (Å²) in [6.45, 7) is 5.72. The normalized spacial score (nSPS) is 14.2. The summed E-state index contributed by atoms with van der Waals surface area (Å²) in [5, 5.41) is 5.12. The Bertz CT molecular complexity index is 1340. The molecule has 8 heteroatoms. The van der Waals surface area contributed by atoms with E-state index in [-0.39, 0.29) is 17.5 Å². The highest BCUT2D eigenvalue weighted by atomic mass is 16.2. The number of fused-ring (bicyclic) bond motifs is 1. The number of benzene rings is 1. The summed E-state index contributed by atoms with van der Waals surface area (Å²) in [6.07, 6.45) is 3.74. The molecule has 0 saturated carbocycles. The Kier molecular flexibility index (Phi) is 4.43. The number of aryl methyl sites for hydroxylation is 2. The first kappa shape index (κ1) is 19.2. The van der Waals surface area contributed by atoms with Gasteiger partial charge in [0.1, 0.15) is 11.3 Å². The number of hydrogen-bond donors (Lipinski definition) is 2. The molecule has 8 nitrogen and oxygen atoms in total. The summed E-state index contributed by atoms with van der Waals surface area (Å²) in [4.78, 5) is 30.4. The van der Waals surface area contributed by atoms with E-state index in [1.54, 1.807) is 10.6 Å². The molecule has 0 bridgehead atoms. The molecule has 158 valence electrons. The second-order valence-electron chi connectivity index (χ2n) is 8.04. The largest absolute Gasteiger partial charge is 0.382 e. The average molecular weight is 416 g/mol. The van der Waals surface area contributed by atoms with Gasteiger partial charge in [0.05, 0.1) is 6.04 Å². The van der Waals surface area contributed by atoms with Crippen LogP contribution in [0.2, 0.25) is 0 Å².